The molecule has 0 radical (unpaired) electrons. The average molecular weight is 318 g/mol. The number of nitrogens with zero attached hydrogens (tertiary/aromatic N) is 1. The summed E-state index contributed by atoms with van der Waals surface area (Å²) in [6, 6.07) is 7.63. The van der Waals surface area contributed by atoms with E-state index in [0.29, 0.717) is 28.5 Å². The first-order chi connectivity index (χ1) is 11.1. The monoisotopic (exact) mass is 318 g/mol. The van der Waals surface area contributed by atoms with Gasteiger partial charge in [-0.2, -0.15) is 0 Å². The molecule has 1 amide bonds. The molecule has 1 aromatic carbocycles. The fourth-order valence-electron chi connectivity index (χ4n) is 3.95. The number of amides is 1. The predicted molar refractivity (Wildman–Crippen MR) is 94.4 cm³/mol. The van der Waals surface area contributed by atoms with Gasteiger partial charge in [0.25, 0.3) is 0 Å². The van der Waals surface area contributed by atoms with Crippen molar-refractivity contribution in [1.82, 2.24) is 0 Å². The highest BCUT2D eigenvalue weighted by Crippen LogP contribution is 2.33. The number of rotatable bonds is 7. The Morgan fingerprint density at radius 2 is 1.91 bits per heavy atom. The summed E-state index contributed by atoms with van der Waals surface area (Å²) in [7, 11) is 0. The molecule has 1 fully saturated rings. The van der Waals surface area contributed by atoms with Gasteiger partial charge in [-0.3, -0.25) is 4.48 Å². The van der Waals surface area contributed by atoms with Crippen LogP contribution in [0, 0.1) is 0 Å². The number of hydrogen-bond acceptors (Lipinski definition) is 2. The molecule has 1 aliphatic heterocycles. The molecule has 1 N–H and O–H groups in total. The van der Waals surface area contributed by atoms with E-state index in [1.165, 1.54) is 24.8 Å². The Hall–Kier alpha value is -1.35. The second-order valence-electron chi connectivity index (χ2n) is 6.99. The van der Waals surface area contributed by atoms with Crippen LogP contribution < -0.4 is 0 Å². The van der Waals surface area contributed by atoms with Crippen LogP contribution in [0.1, 0.15) is 70.3 Å². The second kappa shape index (κ2) is 8.49. The van der Waals surface area contributed by atoms with Gasteiger partial charge < -0.3 is 5.11 Å². The normalized spacial score (nSPS) is 24.5. The van der Waals surface area contributed by atoms with Crippen molar-refractivity contribution >= 4 is 5.91 Å². The van der Waals surface area contributed by atoms with E-state index in [4.69, 9.17) is 0 Å². The summed E-state index contributed by atoms with van der Waals surface area (Å²) in [5.41, 5.74) is 1.22. The molecule has 0 unspecified atom stereocenters. The Morgan fingerprint density at radius 3 is 2.52 bits per heavy atom. The van der Waals surface area contributed by atoms with E-state index >= 15 is 0 Å². The highest BCUT2D eigenvalue weighted by Gasteiger charge is 2.39. The molecule has 0 bridgehead atoms. The molecule has 3 nitrogen and oxygen atoms in total. The van der Waals surface area contributed by atoms with Crippen molar-refractivity contribution in [3.8, 4) is 5.75 Å². The van der Waals surface area contributed by atoms with Crippen LogP contribution in [0.15, 0.2) is 24.3 Å². The second-order valence-corrected chi connectivity index (χ2v) is 6.99. The van der Waals surface area contributed by atoms with Gasteiger partial charge in [-0.25, -0.2) is 4.79 Å². The first-order valence-corrected chi connectivity index (χ1v) is 9.29. The van der Waals surface area contributed by atoms with E-state index in [0.717, 1.165) is 38.9 Å². The largest absolute Gasteiger partial charge is 0.508 e. The Kier molecular flexibility index (Phi) is 6.64. The molecule has 1 aromatic rings. The zero-order chi connectivity index (χ0) is 16.7. The highest BCUT2D eigenvalue weighted by molar-refractivity contribution is 5.68. The molecule has 3 heteroatoms. The molecule has 2 rings (SSSR count). The minimum absolute atomic E-state index is 0.345. The molecule has 0 atom stereocenters. The van der Waals surface area contributed by atoms with Crippen LogP contribution in [0.25, 0.3) is 0 Å². The maximum absolute atomic E-state index is 12.6. The summed E-state index contributed by atoms with van der Waals surface area (Å²) >= 11 is 0. The first-order valence-electron chi connectivity index (χ1n) is 9.29. The number of phenolic OH excluding ortho intramolecular Hbond substituents is 1. The first kappa shape index (κ1) is 18.0. The van der Waals surface area contributed by atoms with E-state index in [1.807, 2.05) is 19.1 Å². The van der Waals surface area contributed by atoms with Crippen molar-refractivity contribution in [2.45, 2.75) is 64.7 Å². The van der Waals surface area contributed by atoms with E-state index in [2.05, 4.69) is 13.0 Å². The van der Waals surface area contributed by atoms with E-state index < -0.39 is 0 Å². The molecule has 0 spiro atoms. The van der Waals surface area contributed by atoms with E-state index in [9.17, 15) is 9.90 Å². The third-order valence-electron chi connectivity index (χ3n) is 5.42. The molecule has 1 aliphatic rings. The smallest absolute Gasteiger partial charge is 0.313 e. The lowest BCUT2D eigenvalue weighted by molar-refractivity contribution is -0.860. The summed E-state index contributed by atoms with van der Waals surface area (Å²) < 4.78 is 0.690. The van der Waals surface area contributed by atoms with Gasteiger partial charge in [0.2, 0.25) is 0 Å². The third-order valence-corrected chi connectivity index (χ3v) is 5.42. The standard InChI is InChI=1S/C20H31NO2/c1-3-5-6-7-13-21(20(23)4-2)14-11-17(12-15-21)18-9-8-10-19(22)16-18/h8-10,16-17H,3-7,11-15H2,1-2H3/p+1. The van der Waals surface area contributed by atoms with Crippen LogP contribution in [0.5, 0.6) is 5.75 Å². The highest BCUT2D eigenvalue weighted by atomic mass is 16.3. The Bertz CT molecular complexity index is 504. The lowest BCUT2D eigenvalue weighted by Crippen LogP contribution is -2.57. The number of hydrogen-bond donors (Lipinski definition) is 1. The van der Waals surface area contributed by atoms with Crippen LogP contribution in [0.3, 0.4) is 0 Å². The Labute approximate surface area is 140 Å². The Morgan fingerprint density at radius 1 is 1.17 bits per heavy atom. The van der Waals surface area contributed by atoms with Gasteiger partial charge in [0.05, 0.1) is 26.1 Å². The van der Waals surface area contributed by atoms with Crippen LogP contribution >= 0.6 is 0 Å². The number of benzene rings is 1. The molecule has 0 saturated carbocycles. The molecule has 1 heterocycles. The van der Waals surface area contributed by atoms with Crippen LogP contribution in [-0.2, 0) is 4.79 Å². The van der Waals surface area contributed by atoms with Gasteiger partial charge >= 0.3 is 5.91 Å². The molecular formula is C20H32NO2+. The summed E-state index contributed by atoms with van der Waals surface area (Å²) in [6.07, 6.45) is 7.64. The van der Waals surface area contributed by atoms with Crippen LogP contribution in [0.4, 0.5) is 0 Å². The molecule has 0 aliphatic carbocycles. The van der Waals surface area contributed by atoms with Crippen molar-refractivity contribution in [2.24, 2.45) is 0 Å². The number of aromatic hydroxyl groups is 1. The van der Waals surface area contributed by atoms with Crippen molar-refractivity contribution in [1.29, 1.82) is 0 Å². The zero-order valence-electron chi connectivity index (χ0n) is 14.8. The van der Waals surface area contributed by atoms with Gasteiger partial charge in [-0.1, -0.05) is 38.8 Å². The maximum Gasteiger partial charge on any atom is 0.313 e. The van der Waals surface area contributed by atoms with Crippen LogP contribution in [0.2, 0.25) is 0 Å². The van der Waals surface area contributed by atoms with Crippen molar-refractivity contribution in [3.05, 3.63) is 29.8 Å². The molecule has 128 valence electrons. The SMILES string of the molecule is CCCCCC[N+]1(C(=O)CC)CCC(c2cccc(O)c2)CC1. The summed E-state index contributed by atoms with van der Waals surface area (Å²) in [4.78, 5) is 12.6. The summed E-state index contributed by atoms with van der Waals surface area (Å²) in [6.45, 7) is 7.15. The van der Waals surface area contributed by atoms with Crippen molar-refractivity contribution in [2.75, 3.05) is 19.6 Å². The fraction of sp³-hybridized carbons (Fsp3) is 0.650. The van der Waals surface area contributed by atoms with Crippen LogP contribution in [-0.4, -0.2) is 35.1 Å². The summed E-state index contributed by atoms with van der Waals surface area (Å²) in [5.74, 6) is 1.24. The number of quaternary nitrogens is 1. The fourth-order valence-corrected chi connectivity index (χ4v) is 3.95. The molecular weight excluding hydrogens is 286 g/mol. The Balaban J connectivity index is 1.99. The third kappa shape index (κ3) is 4.57. The van der Waals surface area contributed by atoms with E-state index in [1.54, 1.807) is 6.07 Å². The minimum atomic E-state index is 0.345. The maximum atomic E-state index is 12.6. The van der Waals surface area contributed by atoms with Gasteiger partial charge in [-0.15, -0.1) is 0 Å². The van der Waals surface area contributed by atoms with Gasteiger partial charge in [0.1, 0.15) is 5.75 Å². The van der Waals surface area contributed by atoms with Crippen molar-refractivity contribution in [3.63, 3.8) is 0 Å². The zero-order valence-corrected chi connectivity index (χ0v) is 14.8. The van der Waals surface area contributed by atoms with Gasteiger partial charge in [0.15, 0.2) is 0 Å². The van der Waals surface area contributed by atoms with E-state index in [-0.39, 0.29) is 0 Å². The number of phenols is 1. The molecule has 23 heavy (non-hydrogen) atoms. The number of carbonyl (C=O) groups is 1. The predicted octanol–water partition coefficient (Wildman–Crippen LogP) is 4.60. The topological polar surface area (TPSA) is 37.3 Å². The minimum Gasteiger partial charge on any atom is -0.508 e. The lowest BCUT2D eigenvalue weighted by Gasteiger charge is -2.41. The number of likely N-dealkylation sites (tertiary alicyclic amines) is 1. The molecule has 1 saturated heterocycles. The summed E-state index contributed by atoms with van der Waals surface area (Å²) in [5, 5.41) is 9.68. The quantitative estimate of drug-likeness (QED) is 0.589. The average Bonchev–Trinajstić information content (AvgIpc) is 2.58. The molecule has 0 aromatic heterocycles. The number of carbonyl (C=O) groups excluding carboxylic acids is 1. The van der Waals surface area contributed by atoms with Gasteiger partial charge in [0, 0.05) is 12.8 Å². The van der Waals surface area contributed by atoms with Crippen molar-refractivity contribution < 1.29 is 14.4 Å². The number of unbranched alkanes of at least 4 members (excludes halogenated alkanes) is 3. The van der Waals surface area contributed by atoms with Gasteiger partial charge in [-0.05, 0) is 36.5 Å². The lowest BCUT2D eigenvalue weighted by atomic mass is 9.87. The number of piperidine rings is 1.